The Kier molecular flexibility index (Phi) is 5.91. The van der Waals surface area contributed by atoms with Crippen LogP contribution >= 0.6 is 11.8 Å². The van der Waals surface area contributed by atoms with E-state index in [9.17, 15) is 4.79 Å². The predicted octanol–water partition coefficient (Wildman–Crippen LogP) is 2.37. The molecule has 4 heteroatoms. The Bertz CT molecular complexity index is 193. The number of carbonyl (C=O) groups is 1. The van der Waals surface area contributed by atoms with Gasteiger partial charge in [-0.2, -0.15) is 11.8 Å². The lowest BCUT2D eigenvalue weighted by molar-refractivity contribution is 0.233. The molecule has 0 aliphatic heterocycles. The zero-order chi connectivity index (χ0) is 11.1. The van der Waals surface area contributed by atoms with E-state index < -0.39 is 0 Å². The minimum atomic E-state index is 0.00259. The van der Waals surface area contributed by atoms with Gasteiger partial charge in [-0.1, -0.05) is 26.2 Å². The fourth-order valence-corrected chi connectivity index (χ4v) is 2.05. The van der Waals surface area contributed by atoms with E-state index in [0.717, 1.165) is 19.4 Å². The Morgan fingerprint density at radius 3 is 2.67 bits per heavy atom. The lowest BCUT2D eigenvalue weighted by atomic mass is 9.96. The van der Waals surface area contributed by atoms with E-state index in [1.807, 2.05) is 0 Å². The zero-order valence-corrected chi connectivity index (χ0v) is 10.5. The second kappa shape index (κ2) is 6.99. The number of nitrogens with one attached hydrogen (secondary N) is 2. The summed E-state index contributed by atoms with van der Waals surface area (Å²) in [5.41, 5.74) is 0. The molecule has 0 aromatic rings. The summed E-state index contributed by atoms with van der Waals surface area (Å²) in [7, 11) is 0. The average Bonchev–Trinajstić information content (AvgIpc) is 2.27. The van der Waals surface area contributed by atoms with Crippen LogP contribution < -0.4 is 10.6 Å². The van der Waals surface area contributed by atoms with Gasteiger partial charge in [0.25, 0.3) is 0 Å². The van der Waals surface area contributed by atoms with Gasteiger partial charge in [-0.25, -0.2) is 4.79 Å². The van der Waals surface area contributed by atoms with Crippen molar-refractivity contribution >= 4 is 17.8 Å². The smallest absolute Gasteiger partial charge is 0.315 e. The zero-order valence-electron chi connectivity index (χ0n) is 9.71. The number of urea groups is 1. The van der Waals surface area contributed by atoms with Crippen LogP contribution in [-0.4, -0.2) is 30.1 Å². The van der Waals surface area contributed by atoms with Gasteiger partial charge in [-0.3, -0.25) is 0 Å². The highest BCUT2D eigenvalue weighted by Gasteiger charge is 2.15. The van der Waals surface area contributed by atoms with Crippen LogP contribution in [0.15, 0.2) is 0 Å². The van der Waals surface area contributed by atoms with Crippen molar-refractivity contribution in [2.75, 3.05) is 12.8 Å². The summed E-state index contributed by atoms with van der Waals surface area (Å²) in [5.74, 6) is 0. The maximum atomic E-state index is 11.5. The topological polar surface area (TPSA) is 41.1 Å². The van der Waals surface area contributed by atoms with Gasteiger partial charge in [0.2, 0.25) is 0 Å². The normalized spacial score (nSPS) is 19.6. The van der Waals surface area contributed by atoms with Gasteiger partial charge in [-0.05, 0) is 19.1 Å². The van der Waals surface area contributed by atoms with Crippen LogP contribution in [0.2, 0.25) is 0 Å². The van der Waals surface area contributed by atoms with E-state index in [2.05, 4.69) is 23.8 Å². The van der Waals surface area contributed by atoms with E-state index in [-0.39, 0.29) is 6.03 Å². The van der Waals surface area contributed by atoms with Gasteiger partial charge in [-0.15, -0.1) is 0 Å². The third-order valence-electron chi connectivity index (χ3n) is 2.89. The number of hydrogen-bond acceptors (Lipinski definition) is 2. The Balaban J connectivity index is 2.11. The van der Waals surface area contributed by atoms with Crippen molar-refractivity contribution in [3.63, 3.8) is 0 Å². The van der Waals surface area contributed by atoms with Gasteiger partial charge in [0.1, 0.15) is 0 Å². The summed E-state index contributed by atoms with van der Waals surface area (Å²) in [6.45, 7) is 2.87. The first-order chi connectivity index (χ1) is 7.22. The molecule has 0 bridgehead atoms. The molecule has 2 amide bonds. The van der Waals surface area contributed by atoms with E-state index in [1.54, 1.807) is 11.8 Å². The second-order valence-electron chi connectivity index (χ2n) is 4.24. The van der Waals surface area contributed by atoms with Crippen LogP contribution in [0.5, 0.6) is 0 Å². The van der Waals surface area contributed by atoms with Gasteiger partial charge in [0.15, 0.2) is 0 Å². The minimum Gasteiger partial charge on any atom is -0.337 e. The van der Waals surface area contributed by atoms with Crippen molar-refractivity contribution in [3.8, 4) is 0 Å². The summed E-state index contributed by atoms with van der Waals surface area (Å²) in [6.07, 6.45) is 8.18. The van der Waals surface area contributed by atoms with Crippen molar-refractivity contribution in [2.45, 2.75) is 50.3 Å². The first kappa shape index (κ1) is 12.7. The Hall–Kier alpha value is -0.380. The second-order valence-corrected chi connectivity index (χ2v) is 5.51. The first-order valence-corrected chi connectivity index (χ1v) is 7.08. The average molecular weight is 230 g/mol. The van der Waals surface area contributed by atoms with Gasteiger partial charge in [0.05, 0.1) is 0 Å². The monoisotopic (exact) mass is 230 g/mol. The first-order valence-electron chi connectivity index (χ1n) is 5.79. The molecule has 88 valence electrons. The molecule has 3 nitrogen and oxygen atoms in total. The van der Waals surface area contributed by atoms with Crippen molar-refractivity contribution in [3.05, 3.63) is 0 Å². The Labute approximate surface area is 96.8 Å². The van der Waals surface area contributed by atoms with Crippen LogP contribution in [-0.2, 0) is 0 Å². The number of amides is 2. The quantitative estimate of drug-likeness (QED) is 0.778. The van der Waals surface area contributed by atoms with E-state index in [4.69, 9.17) is 0 Å². The number of carbonyl (C=O) groups excluding carboxylic acids is 1. The molecule has 0 radical (unpaired) electrons. The largest absolute Gasteiger partial charge is 0.337 e. The Morgan fingerprint density at radius 2 is 2.07 bits per heavy atom. The van der Waals surface area contributed by atoms with Crippen LogP contribution in [0.4, 0.5) is 4.79 Å². The molecule has 0 aromatic heterocycles. The predicted molar refractivity (Wildman–Crippen MR) is 66.4 cm³/mol. The summed E-state index contributed by atoms with van der Waals surface area (Å²) >= 11 is 1.77. The summed E-state index contributed by atoms with van der Waals surface area (Å²) in [5, 5.41) is 6.44. The number of thioether (sulfide) groups is 1. The lowest BCUT2D eigenvalue weighted by Crippen LogP contribution is -2.44. The van der Waals surface area contributed by atoms with E-state index in [0.29, 0.717) is 11.3 Å². The fourth-order valence-electron chi connectivity index (χ4n) is 1.80. The lowest BCUT2D eigenvalue weighted by Gasteiger charge is -2.23. The highest BCUT2D eigenvalue weighted by Crippen LogP contribution is 2.17. The molecule has 15 heavy (non-hydrogen) atoms. The molecule has 0 heterocycles. The summed E-state index contributed by atoms with van der Waals surface area (Å²) in [6, 6.07) is 0.408. The molecule has 1 aliphatic rings. The van der Waals surface area contributed by atoms with Crippen molar-refractivity contribution in [1.29, 1.82) is 0 Å². The molecule has 1 atom stereocenters. The molecule has 0 spiro atoms. The maximum Gasteiger partial charge on any atom is 0.315 e. The van der Waals surface area contributed by atoms with E-state index in [1.165, 1.54) is 19.3 Å². The van der Waals surface area contributed by atoms with Crippen LogP contribution in [0, 0.1) is 0 Å². The van der Waals surface area contributed by atoms with Crippen molar-refractivity contribution in [1.82, 2.24) is 10.6 Å². The fraction of sp³-hybridized carbons (Fsp3) is 0.909. The standard InChI is InChI=1S/C11H22N2OS/c1-9(15-2)8-12-11(14)13-10-6-4-3-5-7-10/h9-10H,3-8H2,1-2H3,(H2,12,13,14). The SMILES string of the molecule is CSC(C)CNC(=O)NC1CCCCC1. The van der Waals surface area contributed by atoms with Gasteiger partial charge in [0, 0.05) is 17.8 Å². The Morgan fingerprint density at radius 1 is 1.40 bits per heavy atom. The molecule has 1 unspecified atom stereocenters. The van der Waals surface area contributed by atoms with Crippen molar-refractivity contribution in [2.24, 2.45) is 0 Å². The maximum absolute atomic E-state index is 11.5. The molecule has 0 aromatic carbocycles. The molecular formula is C11H22N2OS. The molecule has 1 aliphatic carbocycles. The molecule has 1 fully saturated rings. The molecular weight excluding hydrogens is 208 g/mol. The summed E-state index contributed by atoms with van der Waals surface area (Å²) < 4.78 is 0. The van der Waals surface area contributed by atoms with Crippen LogP contribution in [0.3, 0.4) is 0 Å². The van der Waals surface area contributed by atoms with Gasteiger partial charge < -0.3 is 10.6 Å². The minimum absolute atomic E-state index is 0.00259. The third kappa shape index (κ3) is 5.30. The molecule has 2 N–H and O–H groups in total. The summed E-state index contributed by atoms with van der Waals surface area (Å²) in [4.78, 5) is 11.5. The van der Waals surface area contributed by atoms with Gasteiger partial charge >= 0.3 is 6.03 Å². The molecule has 0 saturated heterocycles. The van der Waals surface area contributed by atoms with Crippen molar-refractivity contribution < 1.29 is 4.79 Å². The highest BCUT2D eigenvalue weighted by molar-refractivity contribution is 7.99. The number of hydrogen-bond donors (Lipinski definition) is 2. The molecule has 1 rings (SSSR count). The van der Waals surface area contributed by atoms with Crippen LogP contribution in [0.25, 0.3) is 0 Å². The molecule has 1 saturated carbocycles. The number of rotatable bonds is 4. The van der Waals surface area contributed by atoms with Crippen LogP contribution in [0.1, 0.15) is 39.0 Å². The van der Waals surface area contributed by atoms with E-state index >= 15 is 0 Å². The third-order valence-corrected chi connectivity index (χ3v) is 3.86. The highest BCUT2D eigenvalue weighted by atomic mass is 32.2.